The lowest BCUT2D eigenvalue weighted by Gasteiger charge is -2.38. The molecule has 1 unspecified atom stereocenters. The largest absolute Gasteiger partial charge is 0.452 e. The molecule has 26 heavy (non-hydrogen) atoms. The van der Waals surface area contributed by atoms with Gasteiger partial charge in [0.15, 0.2) is 6.10 Å². The molecule has 0 aromatic heterocycles. The topological polar surface area (TPSA) is 61.8 Å². The molecule has 1 heterocycles. The van der Waals surface area contributed by atoms with Gasteiger partial charge in [0.2, 0.25) is 6.29 Å². The van der Waals surface area contributed by atoms with Gasteiger partial charge in [0, 0.05) is 5.92 Å². The molecule has 0 spiro atoms. The molecule has 0 aliphatic carbocycles. The highest BCUT2D eigenvalue weighted by Crippen LogP contribution is 2.30. The monoisotopic (exact) mass is 354 g/mol. The van der Waals surface area contributed by atoms with E-state index >= 15 is 0 Å². The first-order valence-electron chi connectivity index (χ1n) is 8.70. The van der Waals surface area contributed by atoms with Gasteiger partial charge in [0.1, 0.15) is 0 Å². The molecule has 2 aromatic rings. The molecule has 2 aromatic carbocycles. The summed E-state index contributed by atoms with van der Waals surface area (Å²) in [5.74, 6) is -0.792. The smallest absolute Gasteiger partial charge is 0.340 e. The third-order valence-electron chi connectivity index (χ3n) is 4.69. The van der Waals surface area contributed by atoms with Gasteiger partial charge >= 0.3 is 11.9 Å². The van der Waals surface area contributed by atoms with Crippen LogP contribution in [-0.2, 0) is 14.2 Å². The van der Waals surface area contributed by atoms with E-state index in [1.54, 1.807) is 48.5 Å². The fourth-order valence-electron chi connectivity index (χ4n) is 2.84. The third kappa shape index (κ3) is 4.11. The minimum absolute atomic E-state index is 0.00927. The predicted octanol–water partition coefficient (Wildman–Crippen LogP) is 3.70. The molecule has 136 valence electrons. The van der Waals surface area contributed by atoms with Crippen molar-refractivity contribution in [2.45, 2.75) is 26.2 Å². The third-order valence-corrected chi connectivity index (χ3v) is 4.69. The van der Waals surface area contributed by atoms with Crippen LogP contribution >= 0.6 is 0 Å². The van der Waals surface area contributed by atoms with E-state index in [1.165, 1.54) is 0 Å². The van der Waals surface area contributed by atoms with Crippen LogP contribution in [0.15, 0.2) is 60.7 Å². The molecular weight excluding hydrogens is 332 g/mol. The summed E-state index contributed by atoms with van der Waals surface area (Å²) in [4.78, 5) is 24.8. The standard InChI is InChI=1S/C21H22O5/c1-14-13-24-21(26-20(23)17-11-7-4-8-12-17)18(15(14)2)25-19(22)16-9-5-3-6-10-16/h3-12,14-15,18,21H,13H2,1-2H3/t14-,15-,18?,21-/m0/s1. The van der Waals surface area contributed by atoms with E-state index in [4.69, 9.17) is 14.2 Å². The zero-order valence-corrected chi connectivity index (χ0v) is 14.8. The minimum Gasteiger partial charge on any atom is -0.452 e. The van der Waals surface area contributed by atoms with Crippen molar-refractivity contribution < 1.29 is 23.8 Å². The first kappa shape index (κ1) is 18.1. The number of rotatable bonds is 4. The number of esters is 2. The molecule has 0 saturated carbocycles. The van der Waals surface area contributed by atoms with Gasteiger partial charge in [0.25, 0.3) is 0 Å². The number of benzene rings is 2. The molecule has 4 atom stereocenters. The summed E-state index contributed by atoms with van der Waals surface area (Å²) < 4.78 is 16.9. The number of carbonyl (C=O) groups excluding carboxylic acids is 2. The molecule has 0 amide bonds. The van der Waals surface area contributed by atoms with Crippen LogP contribution in [0.1, 0.15) is 34.6 Å². The second-order valence-corrected chi connectivity index (χ2v) is 6.55. The Morgan fingerprint density at radius 2 is 1.35 bits per heavy atom. The Morgan fingerprint density at radius 1 is 0.846 bits per heavy atom. The first-order valence-corrected chi connectivity index (χ1v) is 8.70. The minimum atomic E-state index is -0.929. The quantitative estimate of drug-likeness (QED) is 0.784. The van der Waals surface area contributed by atoms with Crippen LogP contribution < -0.4 is 0 Å². The fourth-order valence-corrected chi connectivity index (χ4v) is 2.84. The van der Waals surface area contributed by atoms with E-state index in [0.29, 0.717) is 17.7 Å². The van der Waals surface area contributed by atoms with Crippen LogP contribution in [0.2, 0.25) is 0 Å². The Kier molecular flexibility index (Phi) is 5.68. The summed E-state index contributed by atoms with van der Waals surface area (Å²) in [5.41, 5.74) is 0.876. The highest BCUT2D eigenvalue weighted by Gasteiger charge is 2.41. The zero-order chi connectivity index (χ0) is 18.5. The van der Waals surface area contributed by atoms with Crippen molar-refractivity contribution in [1.29, 1.82) is 0 Å². The SMILES string of the molecule is C[C@@H]1C(OC(=O)c2ccccc2)[C@H](OC(=O)c2ccccc2)OC[C@@H]1C. The Morgan fingerprint density at radius 3 is 1.88 bits per heavy atom. The van der Waals surface area contributed by atoms with Crippen molar-refractivity contribution >= 4 is 11.9 Å². The highest BCUT2D eigenvalue weighted by molar-refractivity contribution is 5.90. The average molecular weight is 354 g/mol. The van der Waals surface area contributed by atoms with Gasteiger partial charge in [0.05, 0.1) is 17.7 Å². The number of carbonyl (C=O) groups is 2. The maximum atomic E-state index is 12.4. The second kappa shape index (κ2) is 8.15. The van der Waals surface area contributed by atoms with Crippen LogP contribution in [0, 0.1) is 11.8 Å². The molecule has 1 fully saturated rings. The molecule has 0 radical (unpaired) electrons. The van der Waals surface area contributed by atoms with Crippen molar-refractivity contribution in [3.05, 3.63) is 71.8 Å². The first-order chi connectivity index (χ1) is 12.6. The second-order valence-electron chi connectivity index (χ2n) is 6.55. The van der Waals surface area contributed by atoms with Gasteiger partial charge in [-0.25, -0.2) is 9.59 Å². The average Bonchev–Trinajstić information content (AvgIpc) is 2.68. The van der Waals surface area contributed by atoms with Gasteiger partial charge in [-0.2, -0.15) is 0 Å². The Labute approximate surface area is 152 Å². The fraction of sp³-hybridized carbons (Fsp3) is 0.333. The zero-order valence-electron chi connectivity index (χ0n) is 14.8. The van der Waals surface area contributed by atoms with Crippen molar-refractivity contribution in [3.8, 4) is 0 Å². The van der Waals surface area contributed by atoms with Crippen molar-refractivity contribution in [1.82, 2.24) is 0 Å². The van der Waals surface area contributed by atoms with E-state index in [9.17, 15) is 9.59 Å². The molecule has 5 heteroatoms. The van der Waals surface area contributed by atoms with E-state index in [2.05, 4.69) is 0 Å². The van der Waals surface area contributed by atoms with Crippen molar-refractivity contribution in [2.24, 2.45) is 11.8 Å². The normalized spacial score (nSPS) is 25.3. The number of ether oxygens (including phenoxy) is 3. The summed E-state index contributed by atoms with van der Waals surface area (Å²) >= 11 is 0. The predicted molar refractivity (Wildman–Crippen MR) is 95.6 cm³/mol. The lowest BCUT2D eigenvalue weighted by Crippen LogP contribution is -2.48. The molecule has 3 rings (SSSR count). The molecule has 1 aliphatic heterocycles. The molecule has 0 N–H and O–H groups in total. The summed E-state index contributed by atoms with van der Waals surface area (Å²) in [7, 11) is 0. The van der Waals surface area contributed by atoms with Crippen molar-refractivity contribution in [3.63, 3.8) is 0 Å². The molecule has 0 bridgehead atoms. The summed E-state index contributed by atoms with van der Waals surface area (Å²) in [6.45, 7) is 4.43. The van der Waals surface area contributed by atoms with E-state index < -0.39 is 24.3 Å². The maximum Gasteiger partial charge on any atom is 0.340 e. The molecular formula is C21H22O5. The van der Waals surface area contributed by atoms with E-state index in [0.717, 1.165) is 0 Å². The van der Waals surface area contributed by atoms with Gasteiger partial charge in [-0.05, 0) is 30.2 Å². The summed E-state index contributed by atoms with van der Waals surface area (Å²) in [5, 5.41) is 0. The molecule has 1 aliphatic rings. The number of hydrogen-bond acceptors (Lipinski definition) is 5. The van der Waals surface area contributed by atoms with Crippen molar-refractivity contribution in [2.75, 3.05) is 6.61 Å². The van der Waals surface area contributed by atoms with Crippen LogP contribution in [-0.4, -0.2) is 30.9 Å². The van der Waals surface area contributed by atoms with E-state index in [-0.39, 0.29) is 11.8 Å². The van der Waals surface area contributed by atoms with E-state index in [1.807, 2.05) is 26.0 Å². The van der Waals surface area contributed by atoms with Gasteiger partial charge < -0.3 is 14.2 Å². The lowest BCUT2D eigenvalue weighted by atomic mass is 9.88. The number of hydrogen-bond donors (Lipinski definition) is 0. The van der Waals surface area contributed by atoms with Crippen LogP contribution in [0.4, 0.5) is 0 Å². The summed E-state index contributed by atoms with van der Waals surface area (Å²) in [6.07, 6.45) is -1.60. The Balaban J connectivity index is 1.74. The molecule has 1 saturated heterocycles. The maximum absolute atomic E-state index is 12.4. The van der Waals surface area contributed by atoms with Crippen LogP contribution in [0.25, 0.3) is 0 Å². The Hall–Kier alpha value is -2.66. The summed E-state index contributed by atoms with van der Waals surface area (Å²) in [6, 6.07) is 17.4. The van der Waals surface area contributed by atoms with Crippen LogP contribution in [0.5, 0.6) is 0 Å². The van der Waals surface area contributed by atoms with Gasteiger partial charge in [-0.15, -0.1) is 0 Å². The van der Waals surface area contributed by atoms with Gasteiger partial charge in [-0.1, -0.05) is 50.2 Å². The Bertz CT molecular complexity index is 744. The highest BCUT2D eigenvalue weighted by atomic mass is 16.7. The van der Waals surface area contributed by atoms with Gasteiger partial charge in [-0.3, -0.25) is 0 Å². The lowest BCUT2D eigenvalue weighted by molar-refractivity contribution is -0.218. The molecule has 5 nitrogen and oxygen atoms in total. The van der Waals surface area contributed by atoms with Crippen LogP contribution in [0.3, 0.4) is 0 Å².